The molecule has 6 aromatic rings. The molecule has 0 unspecified atom stereocenters. The van der Waals surface area contributed by atoms with E-state index in [9.17, 15) is 18.5 Å². The summed E-state index contributed by atoms with van der Waals surface area (Å²) < 4.78 is 30.1. The van der Waals surface area contributed by atoms with Crippen LogP contribution >= 0.6 is 23.4 Å². The molecule has 7 rings (SSSR count). The summed E-state index contributed by atoms with van der Waals surface area (Å²) in [6.07, 6.45) is 2.02. The highest BCUT2D eigenvalue weighted by atomic mass is 35.5. The van der Waals surface area contributed by atoms with Gasteiger partial charge in [-0.25, -0.2) is 18.4 Å². The maximum atomic E-state index is 13.8. The van der Waals surface area contributed by atoms with Crippen LogP contribution in [0.2, 0.25) is 5.02 Å². The lowest BCUT2D eigenvalue weighted by molar-refractivity contribution is -0.384. The van der Waals surface area contributed by atoms with Crippen LogP contribution in [-0.4, -0.2) is 78.8 Å². The van der Waals surface area contributed by atoms with E-state index in [4.69, 9.17) is 11.6 Å². The third kappa shape index (κ3) is 10.9. The molecule has 1 atom stereocenters. The van der Waals surface area contributed by atoms with Crippen molar-refractivity contribution in [1.29, 1.82) is 0 Å². The van der Waals surface area contributed by atoms with Crippen molar-refractivity contribution in [3.63, 3.8) is 0 Å². The molecule has 1 saturated heterocycles. The van der Waals surface area contributed by atoms with Gasteiger partial charge in [0.2, 0.25) is 0 Å². The second kappa shape index (κ2) is 19.2. The van der Waals surface area contributed by atoms with Gasteiger partial charge in [-0.2, -0.15) is 0 Å². The molecular formula is C44H47ClN8O4S2. The smallest absolute Gasteiger partial charge is 0.293 e. The first-order valence-electron chi connectivity index (χ1n) is 19.6. The number of hydrogen-bond donors (Lipinski definition) is 3. The van der Waals surface area contributed by atoms with E-state index in [0.717, 1.165) is 54.9 Å². The lowest BCUT2D eigenvalue weighted by atomic mass is 9.99. The molecular weight excluding hydrogens is 804 g/mol. The van der Waals surface area contributed by atoms with E-state index in [0.29, 0.717) is 40.7 Å². The number of anilines is 3. The van der Waals surface area contributed by atoms with E-state index in [-0.39, 0.29) is 28.1 Å². The normalized spacial score (nSPS) is 14.1. The molecule has 0 amide bonds. The number of aromatic nitrogens is 2. The maximum absolute atomic E-state index is 13.8. The molecule has 306 valence electrons. The lowest BCUT2D eigenvalue weighted by Gasteiger charge is -2.36. The van der Waals surface area contributed by atoms with Crippen LogP contribution in [0.4, 0.5) is 22.9 Å². The second-order valence-corrected chi connectivity index (χ2v) is 18.0. The van der Waals surface area contributed by atoms with Gasteiger partial charge in [0.15, 0.2) is 5.82 Å². The third-order valence-corrected chi connectivity index (χ3v) is 13.0. The number of piperazine rings is 1. The molecule has 3 N–H and O–H groups in total. The Hall–Kier alpha value is -5.25. The Labute approximate surface area is 354 Å². The number of halogens is 1. The Bertz CT molecular complexity index is 2490. The number of nitro benzene ring substituents is 1. The molecule has 0 aliphatic carbocycles. The van der Waals surface area contributed by atoms with Crippen molar-refractivity contribution in [1.82, 2.24) is 20.2 Å². The van der Waals surface area contributed by atoms with Crippen LogP contribution in [0.15, 0.2) is 131 Å². The van der Waals surface area contributed by atoms with E-state index in [2.05, 4.69) is 73.2 Å². The number of rotatable bonds is 17. The Morgan fingerprint density at radius 1 is 0.881 bits per heavy atom. The molecule has 5 aromatic carbocycles. The molecule has 1 fully saturated rings. The summed E-state index contributed by atoms with van der Waals surface area (Å²) in [7, 11) is -4.27. The molecule has 12 nitrogen and oxygen atoms in total. The fraction of sp³-hybridized carbons (Fsp3) is 0.273. The standard InChI is InChI=1S/C44H47ClN8O4S2/c1-31(2)46-20-19-35(29-58-37-11-7-4-8-12-37)49-41-18-15-38(27-43(41)53(54)55)59(56,57)50-44-40-17-14-36(26-42(40)47-30-48-44)52-23-21-51(22-24-52)28-33-25-34(45)13-16-39(33)32-9-5-3-6-10-32/h3-18,25-27,30-31,35,46,49H,19-24,28-29H2,1-2H3,(H,47,48,50)/t35-/m1/s1. The first kappa shape index (κ1) is 41.9. The summed E-state index contributed by atoms with van der Waals surface area (Å²) in [5.41, 5.74) is 4.98. The Balaban J connectivity index is 1.03. The zero-order valence-electron chi connectivity index (χ0n) is 32.9. The van der Waals surface area contributed by atoms with Gasteiger partial charge >= 0.3 is 0 Å². The van der Waals surface area contributed by atoms with Crippen molar-refractivity contribution < 1.29 is 13.3 Å². The minimum Gasteiger partial charge on any atom is -0.376 e. The number of thioether (sulfide) groups is 1. The SMILES string of the molecule is CC(C)NCC[C@H](CSc1ccccc1)Nc1ccc(S(=O)(=O)Nc2ncnc3cc(N4CCN(Cc5cc(Cl)ccc5-c5ccccc5)CC4)ccc23)cc1[N+](=O)[O-]. The van der Waals surface area contributed by atoms with Crippen molar-refractivity contribution in [2.24, 2.45) is 0 Å². The van der Waals surface area contributed by atoms with Crippen LogP contribution < -0.4 is 20.3 Å². The average Bonchev–Trinajstić information content (AvgIpc) is 3.23. The number of nitrogens with zero attached hydrogens (tertiary/aromatic N) is 5. The Kier molecular flexibility index (Phi) is 13.6. The molecule has 0 radical (unpaired) electrons. The summed E-state index contributed by atoms with van der Waals surface area (Å²) in [4.78, 5) is 26.1. The van der Waals surface area contributed by atoms with Crippen molar-refractivity contribution in [2.45, 2.75) is 48.7 Å². The lowest BCUT2D eigenvalue weighted by Crippen LogP contribution is -2.46. The topological polar surface area (TPSA) is 146 Å². The van der Waals surface area contributed by atoms with Crippen LogP contribution in [0.1, 0.15) is 25.8 Å². The van der Waals surface area contributed by atoms with Crippen molar-refractivity contribution in [3.05, 3.63) is 142 Å². The van der Waals surface area contributed by atoms with E-state index in [1.54, 1.807) is 11.8 Å². The molecule has 59 heavy (non-hydrogen) atoms. The van der Waals surface area contributed by atoms with Crippen LogP contribution in [0.3, 0.4) is 0 Å². The van der Waals surface area contributed by atoms with Crippen LogP contribution in [0.5, 0.6) is 0 Å². The molecule has 15 heteroatoms. The van der Waals surface area contributed by atoms with E-state index in [1.807, 2.05) is 72.8 Å². The minimum absolute atomic E-state index is 0.0858. The average molecular weight is 851 g/mol. The highest BCUT2D eigenvalue weighted by Crippen LogP contribution is 2.33. The van der Waals surface area contributed by atoms with Crippen molar-refractivity contribution in [2.75, 3.05) is 53.4 Å². The Morgan fingerprint density at radius 3 is 2.36 bits per heavy atom. The number of nitro groups is 1. The largest absolute Gasteiger partial charge is 0.376 e. The summed E-state index contributed by atoms with van der Waals surface area (Å²) in [6, 6.07) is 36.1. The predicted octanol–water partition coefficient (Wildman–Crippen LogP) is 8.94. The monoisotopic (exact) mass is 850 g/mol. The Morgan fingerprint density at radius 2 is 1.63 bits per heavy atom. The number of benzene rings is 5. The van der Waals surface area contributed by atoms with E-state index in [1.165, 1.54) is 29.6 Å². The van der Waals surface area contributed by atoms with E-state index >= 15 is 0 Å². The zero-order valence-corrected chi connectivity index (χ0v) is 35.3. The summed E-state index contributed by atoms with van der Waals surface area (Å²) in [5.74, 6) is 0.740. The number of sulfonamides is 1. The fourth-order valence-corrected chi connectivity index (χ4v) is 9.37. The third-order valence-electron chi connectivity index (χ3n) is 10.2. The van der Waals surface area contributed by atoms with Gasteiger partial charge in [0, 0.05) is 77.6 Å². The summed E-state index contributed by atoms with van der Waals surface area (Å²) in [5, 5.41) is 20.3. The molecule has 1 aliphatic rings. The maximum Gasteiger partial charge on any atom is 0.293 e. The van der Waals surface area contributed by atoms with Gasteiger partial charge in [-0.05, 0) is 84.3 Å². The highest BCUT2D eigenvalue weighted by molar-refractivity contribution is 7.99. The molecule has 1 aliphatic heterocycles. The molecule has 2 heterocycles. The van der Waals surface area contributed by atoms with Crippen molar-refractivity contribution >= 4 is 67.2 Å². The minimum atomic E-state index is -4.27. The number of nitrogens with one attached hydrogen (secondary N) is 3. The fourth-order valence-electron chi connectivity index (χ4n) is 7.14. The van der Waals surface area contributed by atoms with Crippen LogP contribution in [0.25, 0.3) is 22.0 Å². The summed E-state index contributed by atoms with van der Waals surface area (Å²) >= 11 is 8.08. The van der Waals surface area contributed by atoms with E-state index < -0.39 is 14.9 Å². The molecule has 1 aromatic heterocycles. The van der Waals surface area contributed by atoms with Gasteiger partial charge in [-0.3, -0.25) is 19.7 Å². The molecule has 0 saturated carbocycles. The molecule has 0 spiro atoms. The first-order chi connectivity index (χ1) is 28.5. The highest BCUT2D eigenvalue weighted by Gasteiger charge is 2.25. The van der Waals surface area contributed by atoms with Gasteiger partial charge in [-0.1, -0.05) is 80.0 Å². The zero-order chi connectivity index (χ0) is 41.4. The summed E-state index contributed by atoms with van der Waals surface area (Å²) in [6.45, 7) is 8.89. The van der Waals surface area contributed by atoms with Crippen LogP contribution in [-0.2, 0) is 16.6 Å². The predicted molar refractivity (Wildman–Crippen MR) is 240 cm³/mol. The quantitative estimate of drug-likeness (QED) is 0.0460. The van der Waals surface area contributed by atoms with Gasteiger partial charge in [0.1, 0.15) is 12.0 Å². The van der Waals surface area contributed by atoms with Crippen molar-refractivity contribution in [3.8, 4) is 11.1 Å². The second-order valence-electron chi connectivity index (χ2n) is 14.8. The van der Waals surface area contributed by atoms with Gasteiger partial charge in [0.05, 0.1) is 15.3 Å². The van der Waals surface area contributed by atoms with Crippen LogP contribution in [0, 0.1) is 10.1 Å². The number of fused-ring (bicyclic) bond motifs is 1. The van der Waals surface area contributed by atoms with Gasteiger partial charge in [-0.15, -0.1) is 11.8 Å². The number of hydrogen-bond acceptors (Lipinski definition) is 11. The first-order valence-corrected chi connectivity index (χ1v) is 22.4. The molecule has 0 bridgehead atoms. The van der Waals surface area contributed by atoms with Gasteiger partial charge in [0.25, 0.3) is 15.7 Å². The van der Waals surface area contributed by atoms with Gasteiger partial charge < -0.3 is 15.5 Å².